The Morgan fingerprint density at radius 1 is 1.38 bits per heavy atom. The van der Waals surface area contributed by atoms with Gasteiger partial charge in [0.25, 0.3) is 0 Å². The molecule has 1 saturated heterocycles. The van der Waals surface area contributed by atoms with E-state index in [2.05, 4.69) is 51.4 Å². The Balaban J connectivity index is 0.00000288. The maximum Gasteiger partial charge on any atom is 0.223 e. The van der Waals surface area contributed by atoms with Crippen LogP contribution in [0.5, 0.6) is 0 Å². The molecule has 0 unspecified atom stereocenters. The highest BCUT2D eigenvalue weighted by molar-refractivity contribution is 14.0. The summed E-state index contributed by atoms with van der Waals surface area (Å²) in [4.78, 5) is 11.3. The molecule has 0 atom stereocenters. The van der Waals surface area contributed by atoms with Crippen molar-refractivity contribution in [1.29, 1.82) is 0 Å². The number of halogens is 1. The Bertz CT molecular complexity index is 497. The number of aliphatic imine (C=N–C) groups is 1. The van der Waals surface area contributed by atoms with E-state index in [1.54, 1.807) is 6.92 Å². The predicted octanol–water partition coefficient (Wildman–Crippen LogP) is 2.17. The summed E-state index contributed by atoms with van der Waals surface area (Å²) in [6, 6.07) is 0.475. The van der Waals surface area contributed by atoms with Crippen LogP contribution >= 0.6 is 24.0 Å². The molecule has 0 amide bonds. The lowest BCUT2D eigenvalue weighted by Gasteiger charge is -2.33. The van der Waals surface area contributed by atoms with Crippen LogP contribution in [0.25, 0.3) is 0 Å². The first-order valence-electron chi connectivity index (χ1n) is 8.63. The molecule has 2 N–H and O–H groups in total. The molecule has 2 heterocycles. The second-order valence-electron chi connectivity index (χ2n) is 6.54. The van der Waals surface area contributed by atoms with E-state index in [0.717, 1.165) is 44.4 Å². The first-order chi connectivity index (χ1) is 11.1. The van der Waals surface area contributed by atoms with Crippen LogP contribution in [-0.2, 0) is 6.54 Å². The molecule has 1 aliphatic heterocycles. The zero-order valence-corrected chi connectivity index (χ0v) is 17.5. The van der Waals surface area contributed by atoms with Crippen molar-refractivity contribution in [2.24, 2.45) is 10.9 Å². The number of aromatic nitrogens is 2. The summed E-state index contributed by atoms with van der Waals surface area (Å²) in [7, 11) is 0. The van der Waals surface area contributed by atoms with Gasteiger partial charge in [-0.15, -0.1) is 24.0 Å². The van der Waals surface area contributed by atoms with Crippen molar-refractivity contribution < 1.29 is 4.52 Å². The predicted molar refractivity (Wildman–Crippen MR) is 107 cm³/mol. The average Bonchev–Trinajstić information content (AvgIpc) is 2.92. The van der Waals surface area contributed by atoms with Crippen LogP contribution in [0.2, 0.25) is 0 Å². The molecule has 0 spiro atoms. The monoisotopic (exact) mass is 450 g/mol. The number of nitrogens with zero attached hydrogens (tertiary/aromatic N) is 4. The first kappa shape index (κ1) is 21.1. The fourth-order valence-corrected chi connectivity index (χ4v) is 2.84. The zero-order valence-electron chi connectivity index (χ0n) is 15.2. The van der Waals surface area contributed by atoms with E-state index in [1.165, 1.54) is 6.54 Å². The Morgan fingerprint density at radius 2 is 2.08 bits per heavy atom. The Hall–Kier alpha value is -0.900. The smallest absolute Gasteiger partial charge is 0.223 e. The summed E-state index contributed by atoms with van der Waals surface area (Å²) < 4.78 is 4.97. The Morgan fingerprint density at radius 3 is 2.62 bits per heavy atom. The van der Waals surface area contributed by atoms with E-state index < -0.39 is 0 Å². The maximum absolute atomic E-state index is 4.97. The Labute approximate surface area is 162 Å². The van der Waals surface area contributed by atoms with Crippen molar-refractivity contribution in [2.45, 2.75) is 53.1 Å². The summed E-state index contributed by atoms with van der Waals surface area (Å²) in [6.07, 6.45) is 2.30. The number of guanidine groups is 1. The van der Waals surface area contributed by atoms with E-state index >= 15 is 0 Å². The summed E-state index contributed by atoms with van der Waals surface area (Å²) in [5.74, 6) is 2.76. The Kier molecular flexibility index (Phi) is 9.57. The molecule has 8 heteroatoms. The third-order valence-corrected chi connectivity index (χ3v) is 3.84. The topological polar surface area (TPSA) is 78.6 Å². The number of piperidine rings is 1. The minimum absolute atomic E-state index is 0. The van der Waals surface area contributed by atoms with Crippen molar-refractivity contribution in [3.05, 3.63) is 11.7 Å². The van der Waals surface area contributed by atoms with Gasteiger partial charge in [0.05, 0.1) is 0 Å². The van der Waals surface area contributed by atoms with Crippen LogP contribution in [0.4, 0.5) is 0 Å². The number of likely N-dealkylation sites (tertiary alicyclic amines) is 1. The van der Waals surface area contributed by atoms with Crippen LogP contribution < -0.4 is 10.6 Å². The quantitative estimate of drug-likeness (QED) is 0.393. The second kappa shape index (κ2) is 10.9. The third kappa shape index (κ3) is 7.33. The minimum Gasteiger partial charge on any atom is -0.357 e. The van der Waals surface area contributed by atoms with E-state index in [0.29, 0.717) is 24.3 Å². The van der Waals surface area contributed by atoms with E-state index in [4.69, 9.17) is 4.52 Å². The van der Waals surface area contributed by atoms with E-state index in [-0.39, 0.29) is 24.0 Å². The van der Waals surface area contributed by atoms with Gasteiger partial charge in [-0.25, -0.2) is 4.99 Å². The molecule has 0 aromatic carbocycles. The van der Waals surface area contributed by atoms with E-state index in [1.807, 2.05) is 0 Å². The van der Waals surface area contributed by atoms with Crippen LogP contribution in [-0.4, -0.2) is 53.2 Å². The molecule has 1 aromatic rings. The van der Waals surface area contributed by atoms with Gasteiger partial charge in [-0.2, -0.15) is 4.98 Å². The summed E-state index contributed by atoms with van der Waals surface area (Å²) >= 11 is 0. The molecule has 0 radical (unpaired) electrons. The normalized spacial score (nSPS) is 17.0. The summed E-state index contributed by atoms with van der Waals surface area (Å²) in [5, 5.41) is 10.7. The fourth-order valence-electron chi connectivity index (χ4n) is 2.84. The molecule has 2 rings (SSSR count). The van der Waals surface area contributed by atoms with Crippen molar-refractivity contribution in [3.8, 4) is 0 Å². The van der Waals surface area contributed by atoms with Crippen LogP contribution in [0.1, 0.15) is 45.3 Å². The summed E-state index contributed by atoms with van der Waals surface area (Å²) in [5.41, 5.74) is 0. The molecular weight excluding hydrogens is 419 g/mol. The minimum atomic E-state index is 0. The van der Waals surface area contributed by atoms with Gasteiger partial charge in [-0.3, -0.25) is 0 Å². The lowest BCUT2D eigenvalue weighted by atomic mass is 10.0. The SMILES string of the molecule is CCNC(=NCc1noc(C)n1)NC1CCN(CC(C)C)CC1.I. The second-order valence-corrected chi connectivity index (χ2v) is 6.54. The number of aryl methyl sites for hydroxylation is 1. The number of nitrogens with one attached hydrogen (secondary N) is 2. The van der Waals surface area contributed by atoms with Crippen molar-refractivity contribution in [1.82, 2.24) is 25.7 Å². The van der Waals surface area contributed by atoms with Gasteiger partial charge in [-0.05, 0) is 25.7 Å². The molecule has 138 valence electrons. The van der Waals surface area contributed by atoms with Gasteiger partial charge < -0.3 is 20.1 Å². The largest absolute Gasteiger partial charge is 0.357 e. The van der Waals surface area contributed by atoms with Gasteiger partial charge in [-0.1, -0.05) is 19.0 Å². The highest BCUT2D eigenvalue weighted by Crippen LogP contribution is 2.12. The fraction of sp³-hybridized carbons (Fsp3) is 0.812. The highest BCUT2D eigenvalue weighted by atomic mass is 127. The zero-order chi connectivity index (χ0) is 16.7. The molecule has 1 aliphatic rings. The van der Waals surface area contributed by atoms with Gasteiger partial charge in [0.2, 0.25) is 5.89 Å². The van der Waals surface area contributed by atoms with Gasteiger partial charge >= 0.3 is 0 Å². The molecule has 7 nitrogen and oxygen atoms in total. The average molecular weight is 450 g/mol. The van der Waals surface area contributed by atoms with E-state index in [9.17, 15) is 0 Å². The first-order valence-corrected chi connectivity index (χ1v) is 8.63. The molecule has 1 aromatic heterocycles. The van der Waals surface area contributed by atoms with Gasteiger partial charge in [0, 0.05) is 39.1 Å². The lowest BCUT2D eigenvalue weighted by Crippen LogP contribution is -2.49. The molecular formula is C16H31IN6O. The van der Waals surface area contributed by atoms with Crippen LogP contribution in [0.3, 0.4) is 0 Å². The standard InChI is InChI=1S/C16H30N6O.HI/c1-5-17-16(18-10-15-19-13(4)23-21-15)20-14-6-8-22(9-7-14)11-12(2)3;/h12,14H,5-11H2,1-4H3,(H2,17,18,20);1H. The number of rotatable bonds is 6. The highest BCUT2D eigenvalue weighted by Gasteiger charge is 2.20. The van der Waals surface area contributed by atoms with Crippen molar-refractivity contribution in [3.63, 3.8) is 0 Å². The third-order valence-electron chi connectivity index (χ3n) is 3.84. The number of hydrogen-bond donors (Lipinski definition) is 2. The van der Waals surface area contributed by atoms with Gasteiger partial charge in [0.15, 0.2) is 11.8 Å². The molecule has 0 bridgehead atoms. The molecule has 0 aliphatic carbocycles. The van der Waals surface area contributed by atoms with Crippen LogP contribution in [0.15, 0.2) is 9.52 Å². The maximum atomic E-state index is 4.97. The van der Waals surface area contributed by atoms with Crippen molar-refractivity contribution in [2.75, 3.05) is 26.2 Å². The lowest BCUT2D eigenvalue weighted by molar-refractivity contribution is 0.187. The van der Waals surface area contributed by atoms with Crippen LogP contribution in [0, 0.1) is 12.8 Å². The summed E-state index contributed by atoms with van der Waals surface area (Å²) in [6.45, 7) is 13.2. The van der Waals surface area contributed by atoms with Crippen molar-refractivity contribution >= 4 is 29.9 Å². The number of hydrogen-bond acceptors (Lipinski definition) is 5. The molecule has 1 fully saturated rings. The molecule has 0 saturated carbocycles. The van der Waals surface area contributed by atoms with Gasteiger partial charge in [0.1, 0.15) is 6.54 Å². The molecule has 24 heavy (non-hydrogen) atoms.